The summed E-state index contributed by atoms with van der Waals surface area (Å²) >= 11 is 0. The summed E-state index contributed by atoms with van der Waals surface area (Å²) in [5.41, 5.74) is 1.73. The molecular formula is C11H12N12O2. The van der Waals surface area contributed by atoms with Crippen LogP contribution in [0.5, 0.6) is 0 Å². The van der Waals surface area contributed by atoms with Gasteiger partial charge >= 0.3 is 12.1 Å². The Balaban J connectivity index is 1.63. The molecule has 0 bridgehead atoms. The van der Waals surface area contributed by atoms with Gasteiger partial charge in [0.15, 0.2) is 0 Å². The maximum atomic E-state index is 11.9. The van der Waals surface area contributed by atoms with Crippen molar-refractivity contribution in [2.24, 2.45) is 0 Å². The number of anilines is 4. The van der Waals surface area contributed by atoms with Gasteiger partial charge in [0.25, 0.3) is 0 Å². The maximum absolute atomic E-state index is 11.9. The summed E-state index contributed by atoms with van der Waals surface area (Å²) in [5.74, 6) is 0.201. The number of aromatic amines is 2. The van der Waals surface area contributed by atoms with Crippen LogP contribution in [0.4, 0.5) is 32.9 Å². The lowest BCUT2D eigenvalue weighted by atomic mass is 10.2. The average molecular weight is 344 g/mol. The number of carbonyl (C=O) groups is 2. The van der Waals surface area contributed by atoms with Crippen molar-refractivity contribution in [3.63, 3.8) is 0 Å². The molecule has 0 aliphatic rings. The smallest absolute Gasteiger partial charge is 0.308 e. The quantitative estimate of drug-likeness (QED) is 0.389. The third-order valence-electron chi connectivity index (χ3n) is 2.90. The van der Waals surface area contributed by atoms with Gasteiger partial charge in [-0.05, 0) is 45.5 Å². The number of nitrogens with zero attached hydrogens (tertiary/aromatic N) is 6. The lowest BCUT2D eigenvalue weighted by Crippen LogP contribution is -2.22. The average Bonchev–Trinajstić information content (AvgIpc) is 3.24. The van der Waals surface area contributed by atoms with E-state index in [2.05, 4.69) is 62.5 Å². The molecule has 0 aliphatic heterocycles. The fraction of sp³-hybridized carbons (Fsp3) is 0.0909. The Morgan fingerprint density at radius 3 is 2.04 bits per heavy atom. The van der Waals surface area contributed by atoms with Crippen molar-refractivity contribution >= 4 is 35.3 Å². The van der Waals surface area contributed by atoms with Gasteiger partial charge in [-0.2, -0.15) is 0 Å². The van der Waals surface area contributed by atoms with Crippen LogP contribution in [0.3, 0.4) is 0 Å². The number of rotatable bonds is 4. The minimum atomic E-state index is -0.550. The standard InChI is InChI=1S/C11H12N12O2/c1-5-2-3-6(12-10(24)14-8-16-20-21-17-8)4-7(5)13-11(25)15-9-18-22-23-19-9/h2-4H,1H3,(H3,12,14,16,17,20,21,24)(H3,13,15,18,19,22,23,25). The Labute approximate surface area is 139 Å². The molecule has 0 saturated carbocycles. The van der Waals surface area contributed by atoms with Gasteiger partial charge in [-0.3, -0.25) is 10.6 Å². The van der Waals surface area contributed by atoms with Crippen molar-refractivity contribution in [1.29, 1.82) is 0 Å². The molecule has 0 saturated heterocycles. The van der Waals surface area contributed by atoms with E-state index < -0.39 is 12.1 Å². The first kappa shape index (κ1) is 15.8. The van der Waals surface area contributed by atoms with E-state index in [1.807, 2.05) is 0 Å². The zero-order valence-corrected chi connectivity index (χ0v) is 12.7. The van der Waals surface area contributed by atoms with Gasteiger partial charge in [0.2, 0.25) is 11.9 Å². The van der Waals surface area contributed by atoms with Crippen LogP contribution >= 0.6 is 0 Å². The van der Waals surface area contributed by atoms with Crippen molar-refractivity contribution in [3.8, 4) is 0 Å². The molecule has 25 heavy (non-hydrogen) atoms. The maximum Gasteiger partial charge on any atom is 0.326 e. The Hall–Kier alpha value is -4.10. The summed E-state index contributed by atoms with van der Waals surface area (Å²) in [5, 5.41) is 35.3. The van der Waals surface area contributed by atoms with Gasteiger partial charge in [-0.15, -0.1) is 0 Å². The Morgan fingerprint density at radius 2 is 1.48 bits per heavy atom. The number of aryl methyl sites for hydroxylation is 1. The third-order valence-corrected chi connectivity index (χ3v) is 2.90. The number of aromatic nitrogens is 8. The molecule has 2 heterocycles. The largest absolute Gasteiger partial charge is 0.326 e. The normalized spacial score (nSPS) is 10.1. The van der Waals surface area contributed by atoms with Crippen molar-refractivity contribution < 1.29 is 9.59 Å². The second-order valence-corrected chi connectivity index (χ2v) is 4.69. The number of amides is 4. The Bertz CT molecular complexity index is 859. The van der Waals surface area contributed by atoms with Crippen molar-refractivity contribution in [3.05, 3.63) is 23.8 Å². The van der Waals surface area contributed by atoms with Gasteiger partial charge < -0.3 is 10.6 Å². The first-order chi connectivity index (χ1) is 12.1. The highest BCUT2D eigenvalue weighted by Crippen LogP contribution is 2.20. The Kier molecular flexibility index (Phi) is 4.41. The van der Waals surface area contributed by atoms with E-state index in [1.165, 1.54) is 0 Å². The monoisotopic (exact) mass is 344 g/mol. The molecule has 3 rings (SSSR count). The van der Waals surface area contributed by atoms with Crippen molar-refractivity contribution in [1.82, 2.24) is 41.2 Å². The fourth-order valence-corrected chi connectivity index (χ4v) is 1.79. The number of benzene rings is 1. The highest BCUT2D eigenvalue weighted by molar-refractivity contribution is 6.01. The molecule has 14 nitrogen and oxygen atoms in total. The predicted molar refractivity (Wildman–Crippen MR) is 84.8 cm³/mol. The van der Waals surface area contributed by atoms with E-state index >= 15 is 0 Å². The van der Waals surface area contributed by atoms with Crippen LogP contribution in [0, 0.1) is 6.92 Å². The number of carbonyl (C=O) groups excluding carboxylic acids is 2. The second kappa shape index (κ2) is 6.99. The lowest BCUT2D eigenvalue weighted by molar-refractivity contribution is 0.261. The molecule has 2 aromatic heterocycles. The summed E-state index contributed by atoms with van der Waals surface area (Å²) in [7, 11) is 0. The molecule has 0 atom stereocenters. The van der Waals surface area contributed by atoms with E-state index in [0.717, 1.165) is 5.56 Å². The minimum absolute atomic E-state index is 0.100. The first-order valence-electron chi connectivity index (χ1n) is 6.84. The summed E-state index contributed by atoms with van der Waals surface area (Å²) in [4.78, 5) is 23.8. The fourth-order valence-electron chi connectivity index (χ4n) is 1.79. The molecule has 128 valence electrons. The third kappa shape index (κ3) is 4.21. The Morgan fingerprint density at radius 1 is 0.880 bits per heavy atom. The second-order valence-electron chi connectivity index (χ2n) is 4.69. The van der Waals surface area contributed by atoms with E-state index in [9.17, 15) is 9.59 Å². The van der Waals surface area contributed by atoms with Gasteiger partial charge in [-0.1, -0.05) is 16.3 Å². The summed E-state index contributed by atoms with van der Waals surface area (Å²) in [6.07, 6.45) is 0. The van der Waals surface area contributed by atoms with Crippen LogP contribution in [-0.4, -0.2) is 53.3 Å². The number of H-pyrrole nitrogens is 2. The minimum Gasteiger partial charge on any atom is -0.308 e. The number of hydrogen-bond donors (Lipinski definition) is 6. The molecule has 0 aliphatic carbocycles. The van der Waals surface area contributed by atoms with Crippen LogP contribution in [0.1, 0.15) is 5.56 Å². The molecule has 14 heteroatoms. The molecule has 0 unspecified atom stereocenters. The first-order valence-corrected chi connectivity index (χ1v) is 6.84. The topological polar surface area (TPSA) is 191 Å². The SMILES string of the molecule is Cc1ccc(NC(=O)Nc2nnn[nH]2)cc1NC(=O)Nc1nnn[nH]1. The molecule has 6 N–H and O–H groups in total. The van der Waals surface area contributed by atoms with Crippen molar-refractivity contribution in [2.75, 3.05) is 21.3 Å². The molecule has 4 amide bonds. The molecule has 0 spiro atoms. The molecule has 1 aromatic carbocycles. The van der Waals surface area contributed by atoms with Gasteiger partial charge in [0.1, 0.15) is 0 Å². The van der Waals surface area contributed by atoms with E-state index in [4.69, 9.17) is 0 Å². The van der Waals surface area contributed by atoms with Crippen molar-refractivity contribution in [2.45, 2.75) is 6.92 Å². The number of tetrazole rings is 2. The van der Waals surface area contributed by atoms with Crippen LogP contribution in [0.2, 0.25) is 0 Å². The molecule has 0 radical (unpaired) electrons. The molecular weight excluding hydrogens is 332 g/mol. The zero-order chi connectivity index (χ0) is 17.6. The number of hydrogen-bond acceptors (Lipinski definition) is 8. The van der Waals surface area contributed by atoms with E-state index in [0.29, 0.717) is 11.4 Å². The van der Waals surface area contributed by atoms with Gasteiger partial charge in [0.05, 0.1) is 0 Å². The zero-order valence-electron chi connectivity index (χ0n) is 12.7. The number of urea groups is 2. The van der Waals surface area contributed by atoms with Gasteiger partial charge in [-0.25, -0.2) is 19.8 Å². The highest BCUT2D eigenvalue weighted by atomic mass is 16.2. The predicted octanol–water partition coefficient (Wildman–Crippen LogP) is 0.309. The van der Waals surface area contributed by atoms with Crippen LogP contribution in [0.25, 0.3) is 0 Å². The summed E-state index contributed by atoms with van der Waals surface area (Å²) in [6, 6.07) is 3.90. The summed E-state index contributed by atoms with van der Waals surface area (Å²) < 4.78 is 0. The van der Waals surface area contributed by atoms with Crippen LogP contribution < -0.4 is 21.3 Å². The number of nitrogens with one attached hydrogen (secondary N) is 6. The van der Waals surface area contributed by atoms with Gasteiger partial charge in [0, 0.05) is 11.4 Å². The lowest BCUT2D eigenvalue weighted by Gasteiger charge is -2.11. The summed E-state index contributed by atoms with van der Waals surface area (Å²) in [6.45, 7) is 1.80. The van der Waals surface area contributed by atoms with Crippen LogP contribution in [0.15, 0.2) is 18.2 Å². The van der Waals surface area contributed by atoms with E-state index in [1.54, 1.807) is 25.1 Å². The molecule has 0 fully saturated rings. The van der Waals surface area contributed by atoms with Crippen LogP contribution in [-0.2, 0) is 0 Å². The van der Waals surface area contributed by atoms with E-state index in [-0.39, 0.29) is 11.9 Å². The highest BCUT2D eigenvalue weighted by Gasteiger charge is 2.10. The molecule has 3 aromatic rings.